The van der Waals surface area contributed by atoms with Crippen molar-refractivity contribution in [1.29, 1.82) is 0 Å². The summed E-state index contributed by atoms with van der Waals surface area (Å²) in [6, 6.07) is 13.4. The number of benzene rings is 2. The Kier molecular flexibility index (Phi) is 3.59. The molecule has 2 aromatic rings. The summed E-state index contributed by atoms with van der Waals surface area (Å²) in [6.07, 6.45) is 10.4. The van der Waals surface area contributed by atoms with Crippen LogP contribution >= 0.6 is 0 Å². The lowest BCUT2D eigenvalue weighted by molar-refractivity contribution is 0.330. The largest absolute Gasteiger partial charge is 0.260 e. The van der Waals surface area contributed by atoms with Gasteiger partial charge in [0, 0.05) is 17.7 Å². The molecule has 2 aromatic carbocycles. The second kappa shape index (κ2) is 5.79. The SMILES string of the molecule is CC(C)CC1=CC2C3C(=C1)C=CN=C3c1ccc3ccccc3c1C2(C)C. The normalized spacial score (nSPS) is 24.9. The Morgan fingerprint density at radius 3 is 2.70 bits per heavy atom. The highest BCUT2D eigenvalue weighted by atomic mass is 14.8. The van der Waals surface area contributed by atoms with Crippen molar-refractivity contribution >= 4 is 16.5 Å². The lowest BCUT2D eigenvalue weighted by Gasteiger charge is -2.48. The number of hydrogen-bond acceptors (Lipinski definition) is 1. The van der Waals surface area contributed by atoms with Crippen LogP contribution in [0.4, 0.5) is 0 Å². The van der Waals surface area contributed by atoms with E-state index in [4.69, 9.17) is 4.99 Å². The highest BCUT2D eigenvalue weighted by Gasteiger charge is 2.48. The highest BCUT2D eigenvalue weighted by Crippen LogP contribution is 2.52. The number of hydrogen-bond donors (Lipinski definition) is 0. The van der Waals surface area contributed by atoms with E-state index in [2.05, 4.69) is 82.3 Å². The Morgan fingerprint density at radius 2 is 1.89 bits per heavy atom. The van der Waals surface area contributed by atoms with Gasteiger partial charge in [0.2, 0.25) is 0 Å². The van der Waals surface area contributed by atoms with E-state index in [-0.39, 0.29) is 5.41 Å². The van der Waals surface area contributed by atoms with Gasteiger partial charge in [-0.05, 0) is 51.7 Å². The summed E-state index contributed by atoms with van der Waals surface area (Å²) >= 11 is 0. The molecule has 0 amide bonds. The third kappa shape index (κ3) is 2.41. The number of aliphatic imine (C=N–C) groups is 1. The van der Waals surface area contributed by atoms with Crippen molar-refractivity contribution < 1.29 is 0 Å². The fraction of sp³-hybridized carbons (Fsp3) is 0.346. The molecule has 2 unspecified atom stereocenters. The topological polar surface area (TPSA) is 12.4 Å². The standard InChI is InChI=1S/C26H27N/c1-16(2)13-17-14-19-11-12-27-25-21-10-9-18-7-5-6-8-20(18)24(21)26(3,4)22(15-17)23(19)25/h5-12,14-16,22-23H,13H2,1-4H3. The van der Waals surface area contributed by atoms with Crippen LogP contribution in [-0.2, 0) is 5.41 Å². The zero-order valence-corrected chi connectivity index (χ0v) is 16.7. The summed E-state index contributed by atoms with van der Waals surface area (Å²) in [7, 11) is 0. The van der Waals surface area contributed by atoms with Crippen molar-refractivity contribution in [2.75, 3.05) is 0 Å². The predicted octanol–water partition coefficient (Wildman–Crippen LogP) is 6.59. The second-order valence-electron chi connectivity index (χ2n) is 9.25. The molecular formula is C26H27N. The monoisotopic (exact) mass is 353 g/mol. The molecule has 0 spiro atoms. The molecule has 1 aliphatic heterocycles. The molecule has 0 bridgehead atoms. The Morgan fingerprint density at radius 1 is 1.07 bits per heavy atom. The molecule has 5 rings (SSSR count). The Labute approximate surface area is 162 Å². The van der Waals surface area contributed by atoms with E-state index in [1.807, 2.05) is 6.20 Å². The van der Waals surface area contributed by atoms with Gasteiger partial charge in [0.1, 0.15) is 0 Å². The van der Waals surface area contributed by atoms with Crippen LogP contribution in [0.25, 0.3) is 10.8 Å². The van der Waals surface area contributed by atoms with Crippen molar-refractivity contribution in [3.05, 3.63) is 83.1 Å². The molecule has 136 valence electrons. The molecule has 0 saturated heterocycles. The van der Waals surface area contributed by atoms with Gasteiger partial charge in [-0.15, -0.1) is 0 Å². The molecule has 2 atom stereocenters. The average molecular weight is 354 g/mol. The van der Waals surface area contributed by atoms with Crippen LogP contribution in [0.1, 0.15) is 45.2 Å². The van der Waals surface area contributed by atoms with Crippen LogP contribution in [0.3, 0.4) is 0 Å². The zero-order chi connectivity index (χ0) is 18.8. The van der Waals surface area contributed by atoms with Gasteiger partial charge in [-0.25, -0.2) is 0 Å². The molecule has 0 radical (unpaired) electrons. The van der Waals surface area contributed by atoms with Gasteiger partial charge in [0.05, 0.1) is 5.71 Å². The molecule has 1 heteroatoms. The molecule has 1 heterocycles. The van der Waals surface area contributed by atoms with E-state index < -0.39 is 0 Å². The Balaban J connectivity index is 1.80. The summed E-state index contributed by atoms with van der Waals surface area (Å²) in [5.41, 5.74) is 7.06. The molecular weight excluding hydrogens is 326 g/mol. The minimum atomic E-state index is 0.0623. The van der Waals surface area contributed by atoms with Crippen LogP contribution in [-0.4, -0.2) is 5.71 Å². The molecule has 2 aliphatic carbocycles. The van der Waals surface area contributed by atoms with Crippen molar-refractivity contribution in [2.45, 2.75) is 39.5 Å². The first-order valence-corrected chi connectivity index (χ1v) is 10.2. The molecule has 3 aliphatic rings. The lowest BCUT2D eigenvalue weighted by Crippen LogP contribution is -2.45. The minimum Gasteiger partial charge on any atom is -0.260 e. The van der Waals surface area contributed by atoms with E-state index in [9.17, 15) is 0 Å². The molecule has 0 saturated carbocycles. The van der Waals surface area contributed by atoms with Gasteiger partial charge in [-0.2, -0.15) is 0 Å². The summed E-state index contributed by atoms with van der Waals surface area (Å²) < 4.78 is 0. The third-order valence-electron chi connectivity index (χ3n) is 6.57. The molecule has 1 nitrogen and oxygen atoms in total. The minimum absolute atomic E-state index is 0.0623. The maximum absolute atomic E-state index is 4.90. The van der Waals surface area contributed by atoms with E-state index in [1.54, 1.807) is 0 Å². The van der Waals surface area contributed by atoms with Crippen LogP contribution in [0.5, 0.6) is 0 Å². The number of allylic oxidation sites excluding steroid dienone is 5. The van der Waals surface area contributed by atoms with Crippen molar-refractivity contribution in [3.8, 4) is 0 Å². The fourth-order valence-corrected chi connectivity index (χ4v) is 5.46. The van der Waals surface area contributed by atoms with E-state index in [1.165, 1.54) is 38.8 Å². The van der Waals surface area contributed by atoms with Crippen LogP contribution < -0.4 is 0 Å². The van der Waals surface area contributed by atoms with Crippen LogP contribution in [0.2, 0.25) is 0 Å². The summed E-state index contributed by atoms with van der Waals surface area (Å²) in [4.78, 5) is 4.90. The van der Waals surface area contributed by atoms with Crippen LogP contribution in [0.15, 0.2) is 77.0 Å². The van der Waals surface area contributed by atoms with Gasteiger partial charge in [-0.3, -0.25) is 4.99 Å². The highest BCUT2D eigenvalue weighted by molar-refractivity contribution is 6.11. The molecule has 0 fully saturated rings. The fourth-order valence-electron chi connectivity index (χ4n) is 5.46. The summed E-state index contributed by atoms with van der Waals surface area (Å²) in [5.74, 6) is 1.51. The van der Waals surface area contributed by atoms with Crippen LogP contribution in [0, 0.1) is 17.8 Å². The van der Waals surface area contributed by atoms with Crippen molar-refractivity contribution in [1.82, 2.24) is 0 Å². The predicted molar refractivity (Wildman–Crippen MR) is 115 cm³/mol. The number of fused-ring (bicyclic) bond motifs is 4. The summed E-state index contributed by atoms with van der Waals surface area (Å²) in [5, 5.41) is 2.71. The first-order chi connectivity index (χ1) is 13.0. The van der Waals surface area contributed by atoms with E-state index >= 15 is 0 Å². The first-order valence-electron chi connectivity index (χ1n) is 10.2. The lowest BCUT2D eigenvalue weighted by atomic mass is 9.55. The zero-order valence-electron chi connectivity index (χ0n) is 16.7. The maximum Gasteiger partial charge on any atom is 0.0560 e. The first kappa shape index (κ1) is 16.7. The van der Waals surface area contributed by atoms with Crippen molar-refractivity contribution in [2.24, 2.45) is 22.7 Å². The smallest absolute Gasteiger partial charge is 0.0560 e. The molecule has 0 aromatic heterocycles. The van der Waals surface area contributed by atoms with Gasteiger partial charge >= 0.3 is 0 Å². The number of rotatable bonds is 2. The summed E-state index contributed by atoms with van der Waals surface area (Å²) in [6.45, 7) is 9.49. The molecule has 0 N–H and O–H groups in total. The third-order valence-corrected chi connectivity index (χ3v) is 6.57. The average Bonchev–Trinajstić information content (AvgIpc) is 2.64. The quantitative estimate of drug-likeness (QED) is 0.577. The van der Waals surface area contributed by atoms with Gasteiger partial charge < -0.3 is 0 Å². The van der Waals surface area contributed by atoms with Crippen molar-refractivity contribution in [3.63, 3.8) is 0 Å². The second-order valence-corrected chi connectivity index (χ2v) is 9.25. The van der Waals surface area contributed by atoms with Gasteiger partial charge in [-0.1, -0.05) is 81.8 Å². The van der Waals surface area contributed by atoms with Gasteiger partial charge in [0.15, 0.2) is 0 Å². The number of nitrogens with zero attached hydrogens (tertiary/aromatic N) is 1. The molecule has 27 heavy (non-hydrogen) atoms. The van der Waals surface area contributed by atoms with E-state index in [0.717, 1.165) is 6.42 Å². The van der Waals surface area contributed by atoms with E-state index in [0.29, 0.717) is 17.8 Å². The Hall–Kier alpha value is -2.41. The maximum atomic E-state index is 4.90. The van der Waals surface area contributed by atoms with Gasteiger partial charge in [0.25, 0.3) is 0 Å². The Bertz CT molecular complexity index is 1060.